The second kappa shape index (κ2) is 5.85. The molecule has 1 fully saturated rings. The third-order valence-electron chi connectivity index (χ3n) is 3.38. The first-order valence-corrected chi connectivity index (χ1v) is 6.73. The molecule has 17 heavy (non-hydrogen) atoms. The first-order chi connectivity index (χ1) is 8.26. The first-order valence-electron chi connectivity index (χ1n) is 5.94. The second-order valence-electron chi connectivity index (χ2n) is 4.49. The molecule has 1 aliphatic carbocycles. The van der Waals surface area contributed by atoms with Crippen LogP contribution in [0.25, 0.3) is 0 Å². The Morgan fingerprint density at radius 3 is 2.65 bits per heavy atom. The highest BCUT2D eigenvalue weighted by Gasteiger charge is 2.22. The highest BCUT2D eigenvalue weighted by atomic mass is 79.9. The average molecular weight is 300 g/mol. The van der Waals surface area contributed by atoms with Crippen LogP contribution in [0, 0.1) is 0 Å². The summed E-state index contributed by atoms with van der Waals surface area (Å²) < 4.78 is 6.49. The zero-order valence-corrected chi connectivity index (χ0v) is 11.6. The molecule has 0 amide bonds. The van der Waals surface area contributed by atoms with E-state index >= 15 is 0 Å². The monoisotopic (exact) mass is 299 g/mol. The van der Waals surface area contributed by atoms with Gasteiger partial charge in [-0.05, 0) is 57.9 Å². The minimum atomic E-state index is 0.433. The quantitative estimate of drug-likeness (QED) is 0.865. The van der Waals surface area contributed by atoms with Gasteiger partial charge in [0.25, 0.3) is 0 Å². The summed E-state index contributed by atoms with van der Waals surface area (Å²) in [4.78, 5) is 4.71. The maximum absolute atomic E-state index is 5.50. The zero-order valence-electron chi connectivity index (χ0n) is 10.0. The normalized spacial score (nSPS) is 16.4. The molecule has 1 saturated carbocycles. The van der Waals surface area contributed by atoms with E-state index < -0.39 is 0 Å². The van der Waals surface area contributed by atoms with E-state index in [2.05, 4.69) is 22.0 Å². The molecule has 0 unspecified atom stereocenters. The molecule has 2 rings (SSSR count). The Balaban J connectivity index is 2.37. The maximum Gasteiger partial charge on any atom is 0.136 e. The predicted octanol–water partition coefficient (Wildman–Crippen LogP) is 3.51. The molecular weight excluding hydrogens is 282 g/mol. The summed E-state index contributed by atoms with van der Waals surface area (Å²) >= 11 is 3.55. The van der Waals surface area contributed by atoms with Crippen molar-refractivity contribution in [2.24, 2.45) is 5.90 Å². The van der Waals surface area contributed by atoms with Crippen molar-refractivity contribution in [1.82, 2.24) is 0 Å². The van der Waals surface area contributed by atoms with Crippen LogP contribution in [-0.2, 0) is 11.4 Å². The van der Waals surface area contributed by atoms with Crippen molar-refractivity contribution in [2.75, 3.05) is 7.11 Å². The smallest absolute Gasteiger partial charge is 0.136 e. The van der Waals surface area contributed by atoms with Crippen molar-refractivity contribution in [1.29, 1.82) is 0 Å². The van der Waals surface area contributed by atoms with Crippen LogP contribution in [0.15, 0.2) is 16.6 Å². The summed E-state index contributed by atoms with van der Waals surface area (Å²) in [6.07, 6.45) is 5.11. The van der Waals surface area contributed by atoms with Crippen molar-refractivity contribution >= 4 is 15.9 Å². The molecule has 0 spiro atoms. The largest absolute Gasteiger partial charge is 0.495 e. The zero-order chi connectivity index (χ0) is 12.3. The molecular formula is C13H18BrNO2. The summed E-state index contributed by atoms with van der Waals surface area (Å²) in [6.45, 7) is 0.433. The molecule has 2 N–H and O–H groups in total. The molecule has 0 heterocycles. The fourth-order valence-electron chi connectivity index (χ4n) is 2.61. The summed E-state index contributed by atoms with van der Waals surface area (Å²) in [7, 11) is 1.72. The number of ether oxygens (including phenoxy) is 1. The Bertz CT molecular complexity index is 389. The van der Waals surface area contributed by atoms with E-state index in [0.717, 1.165) is 15.8 Å². The Morgan fingerprint density at radius 1 is 1.35 bits per heavy atom. The minimum absolute atomic E-state index is 0.433. The second-order valence-corrected chi connectivity index (χ2v) is 5.35. The molecule has 0 saturated heterocycles. The van der Waals surface area contributed by atoms with Gasteiger partial charge in [-0.2, -0.15) is 0 Å². The van der Waals surface area contributed by atoms with Crippen LogP contribution in [0.1, 0.15) is 42.7 Å². The van der Waals surface area contributed by atoms with E-state index in [0.29, 0.717) is 12.5 Å². The van der Waals surface area contributed by atoms with Crippen molar-refractivity contribution in [2.45, 2.75) is 38.2 Å². The molecule has 0 atom stereocenters. The Kier molecular flexibility index (Phi) is 4.42. The standard InChI is InChI=1S/C13H18BrNO2/c1-16-13-11(10-4-2-3-5-10)6-9(8-17-15)7-12(13)14/h6-7,10H,2-5,8,15H2,1H3. The van der Waals surface area contributed by atoms with Gasteiger partial charge >= 0.3 is 0 Å². The SMILES string of the molecule is COc1c(Br)cc(CON)cc1C1CCCC1. The van der Waals surface area contributed by atoms with Crippen LogP contribution >= 0.6 is 15.9 Å². The summed E-state index contributed by atoms with van der Waals surface area (Å²) in [5.74, 6) is 6.70. The lowest BCUT2D eigenvalue weighted by atomic mass is 9.95. The highest BCUT2D eigenvalue weighted by Crippen LogP contribution is 2.42. The number of benzene rings is 1. The molecule has 94 valence electrons. The molecule has 0 bridgehead atoms. The molecule has 4 heteroatoms. The average Bonchev–Trinajstić information content (AvgIpc) is 2.82. The number of methoxy groups -OCH3 is 1. The van der Waals surface area contributed by atoms with Crippen molar-refractivity contribution in [3.05, 3.63) is 27.7 Å². The third kappa shape index (κ3) is 2.81. The van der Waals surface area contributed by atoms with E-state index in [1.165, 1.54) is 31.2 Å². The summed E-state index contributed by atoms with van der Waals surface area (Å²) in [5.41, 5.74) is 2.37. The van der Waals surface area contributed by atoms with Crippen LogP contribution in [0.2, 0.25) is 0 Å². The molecule has 0 aromatic heterocycles. The van der Waals surface area contributed by atoms with Gasteiger partial charge in [-0.1, -0.05) is 12.8 Å². The van der Waals surface area contributed by atoms with Crippen LogP contribution in [0.5, 0.6) is 5.75 Å². The van der Waals surface area contributed by atoms with E-state index in [1.807, 2.05) is 6.07 Å². The summed E-state index contributed by atoms with van der Waals surface area (Å²) in [6, 6.07) is 4.16. The maximum atomic E-state index is 5.50. The van der Waals surface area contributed by atoms with E-state index in [4.69, 9.17) is 15.5 Å². The van der Waals surface area contributed by atoms with Gasteiger partial charge in [0, 0.05) is 0 Å². The lowest BCUT2D eigenvalue weighted by Gasteiger charge is -2.17. The minimum Gasteiger partial charge on any atom is -0.495 e. The van der Waals surface area contributed by atoms with Crippen molar-refractivity contribution in [3.8, 4) is 5.75 Å². The van der Waals surface area contributed by atoms with Crippen LogP contribution in [-0.4, -0.2) is 7.11 Å². The molecule has 1 aromatic rings. The van der Waals surface area contributed by atoms with Gasteiger partial charge in [-0.25, -0.2) is 5.90 Å². The van der Waals surface area contributed by atoms with Gasteiger partial charge in [0.15, 0.2) is 0 Å². The number of hydrogen-bond acceptors (Lipinski definition) is 3. The third-order valence-corrected chi connectivity index (χ3v) is 3.97. The van der Waals surface area contributed by atoms with Crippen molar-refractivity contribution in [3.63, 3.8) is 0 Å². The highest BCUT2D eigenvalue weighted by molar-refractivity contribution is 9.10. The first kappa shape index (κ1) is 12.9. The Hall–Kier alpha value is -0.580. The Morgan fingerprint density at radius 2 is 2.06 bits per heavy atom. The van der Waals surface area contributed by atoms with Gasteiger partial charge < -0.3 is 4.74 Å². The van der Waals surface area contributed by atoms with Crippen LogP contribution in [0.4, 0.5) is 0 Å². The van der Waals surface area contributed by atoms with E-state index in [1.54, 1.807) is 7.11 Å². The predicted molar refractivity (Wildman–Crippen MR) is 70.9 cm³/mol. The fraction of sp³-hybridized carbons (Fsp3) is 0.538. The van der Waals surface area contributed by atoms with Crippen molar-refractivity contribution < 1.29 is 9.57 Å². The number of rotatable bonds is 4. The molecule has 0 aliphatic heterocycles. The van der Waals surface area contributed by atoms with Crippen LogP contribution < -0.4 is 10.6 Å². The molecule has 1 aromatic carbocycles. The summed E-state index contributed by atoms with van der Waals surface area (Å²) in [5, 5.41) is 0. The fourth-order valence-corrected chi connectivity index (χ4v) is 3.29. The number of halogens is 1. The Labute approximate surface area is 110 Å². The topological polar surface area (TPSA) is 44.5 Å². The van der Waals surface area contributed by atoms with Gasteiger partial charge in [-0.3, -0.25) is 4.84 Å². The van der Waals surface area contributed by atoms with E-state index in [9.17, 15) is 0 Å². The van der Waals surface area contributed by atoms with Gasteiger partial charge in [-0.15, -0.1) is 0 Å². The van der Waals surface area contributed by atoms with Crippen LogP contribution in [0.3, 0.4) is 0 Å². The van der Waals surface area contributed by atoms with Gasteiger partial charge in [0.2, 0.25) is 0 Å². The molecule has 1 aliphatic rings. The molecule has 3 nitrogen and oxygen atoms in total. The van der Waals surface area contributed by atoms with Gasteiger partial charge in [0.05, 0.1) is 18.2 Å². The lowest BCUT2D eigenvalue weighted by Crippen LogP contribution is -2.03. The number of nitrogens with two attached hydrogens (primary N) is 1. The molecule has 0 radical (unpaired) electrons. The van der Waals surface area contributed by atoms with Gasteiger partial charge in [0.1, 0.15) is 5.75 Å². The van der Waals surface area contributed by atoms with E-state index in [-0.39, 0.29) is 0 Å². The lowest BCUT2D eigenvalue weighted by molar-refractivity contribution is 0.124. The number of hydrogen-bond donors (Lipinski definition) is 1.